The lowest BCUT2D eigenvalue weighted by molar-refractivity contribution is -0.137. The largest absolute Gasteiger partial charge is 0.489 e. The molecular weight excluding hydrogens is 484 g/mol. The van der Waals surface area contributed by atoms with Crippen LogP contribution in [0.25, 0.3) is 5.69 Å². The second kappa shape index (κ2) is 11.9. The maximum absolute atomic E-state index is 11.7. The van der Waals surface area contributed by atoms with E-state index in [2.05, 4.69) is 10.2 Å². The standard InChI is InChI=1S/C26H25ClN4O3S/c1-33-24(32)17-35-26-30-29-25(23(28)15-18-7-9-20(27)10-8-18)31(26)21-11-13-22(14-12-21)34-16-19-5-3-2-4-6-19/h2-14,23H,15-17,28H2,1H3. The maximum Gasteiger partial charge on any atom is 0.316 e. The molecule has 1 aromatic heterocycles. The van der Waals surface area contributed by atoms with Gasteiger partial charge in [-0.1, -0.05) is 65.8 Å². The molecule has 3 aromatic carbocycles. The highest BCUT2D eigenvalue weighted by atomic mass is 35.5. The molecule has 2 N–H and O–H groups in total. The predicted octanol–water partition coefficient (Wildman–Crippen LogP) is 5.01. The lowest BCUT2D eigenvalue weighted by Gasteiger charge is -2.16. The summed E-state index contributed by atoms with van der Waals surface area (Å²) in [5.41, 5.74) is 9.50. The molecule has 0 amide bonds. The summed E-state index contributed by atoms with van der Waals surface area (Å²) in [4.78, 5) is 11.7. The normalized spacial score (nSPS) is 11.7. The van der Waals surface area contributed by atoms with Gasteiger partial charge in [0.1, 0.15) is 12.4 Å². The van der Waals surface area contributed by atoms with E-state index in [1.54, 1.807) is 0 Å². The topological polar surface area (TPSA) is 92.3 Å². The fourth-order valence-electron chi connectivity index (χ4n) is 3.44. The van der Waals surface area contributed by atoms with Crippen molar-refractivity contribution in [2.75, 3.05) is 12.9 Å². The molecule has 0 spiro atoms. The van der Waals surface area contributed by atoms with Crippen LogP contribution in [0.5, 0.6) is 5.75 Å². The zero-order chi connectivity index (χ0) is 24.6. The lowest BCUT2D eigenvalue weighted by Crippen LogP contribution is -2.19. The summed E-state index contributed by atoms with van der Waals surface area (Å²) in [7, 11) is 1.36. The molecule has 0 bridgehead atoms. The number of rotatable bonds is 10. The minimum atomic E-state index is -0.426. The summed E-state index contributed by atoms with van der Waals surface area (Å²) in [6.07, 6.45) is 0.551. The number of benzene rings is 3. The third kappa shape index (κ3) is 6.63. The van der Waals surface area contributed by atoms with Gasteiger partial charge in [-0.05, 0) is 53.9 Å². The predicted molar refractivity (Wildman–Crippen MR) is 137 cm³/mol. The molecule has 0 saturated carbocycles. The van der Waals surface area contributed by atoms with Gasteiger partial charge in [-0.25, -0.2) is 0 Å². The number of ether oxygens (including phenoxy) is 2. The summed E-state index contributed by atoms with van der Waals surface area (Å²) in [6.45, 7) is 0.476. The fraction of sp³-hybridized carbons (Fsp3) is 0.192. The number of aromatic nitrogens is 3. The van der Waals surface area contributed by atoms with Gasteiger partial charge in [0.2, 0.25) is 0 Å². The van der Waals surface area contributed by atoms with Crippen LogP contribution in [-0.4, -0.2) is 33.6 Å². The highest BCUT2D eigenvalue weighted by Crippen LogP contribution is 2.27. The number of hydrogen-bond acceptors (Lipinski definition) is 7. The van der Waals surface area contributed by atoms with Gasteiger partial charge < -0.3 is 15.2 Å². The Kier molecular flexibility index (Phi) is 8.41. The number of nitrogens with two attached hydrogens (primary N) is 1. The van der Waals surface area contributed by atoms with Crippen LogP contribution in [0.3, 0.4) is 0 Å². The summed E-state index contributed by atoms with van der Waals surface area (Å²) in [6, 6.07) is 24.7. The molecule has 4 rings (SSSR count). The number of nitrogens with zero attached hydrogens (tertiary/aromatic N) is 3. The van der Waals surface area contributed by atoms with Gasteiger partial charge in [0.15, 0.2) is 11.0 Å². The SMILES string of the molecule is COC(=O)CSc1nnc(C(N)Cc2ccc(Cl)cc2)n1-c1ccc(OCc2ccccc2)cc1. The Morgan fingerprint density at radius 3 is 2.40 bits per heavy atom. The van der Waals surface area contributed by atoms with Gasteiger partial charge in [-0.3, -0.25) is 9.36 Å². The molecule has 0 aliphatic rings. The molecule has 1 unspecified atom stereocenters. The zero-order valence-corrected chi connectivity index (χ0v) is 20.7. The summed E-state index contributed by atoms with van der Waals surface area (Å²) >= 11 is 7.25. The van der Waals surface area contributed by atoms with Crippen molar-refractivity contribution in [1.82, 2.24) is 14.8 Å². The summed E-state index contributed by atoms with van der Waals surface area (Å²) in [5.74, 6) is 1.09. The van der Waals surface area contributed by atoms with Crippen LogP contribution in [0, 0.1) is 0 Å². The van der Waals surface area contributed by atoms with Crippen LogP contribution >= 0.6 is 23.4 Å². The summed E-state index contributed by atoms with van der Waals surface area (Å²) < 4.78 is 12.6. The molecule has 0 saturated heterocycles. The molecule has 9 heteroatoms. The molecule has 180 valence electrons. The first-order valence-electron chi connectivity index (χ1n) is 11.0. The van der Waals surface area contributed by atoms with Crippen LogP contribution in [0.1, 0.15) is 23.0 Å². The van der Waals surface area contributed by atoms with E-state index in [0.717, 1.165) is 22.6 Å². The number of esters is 1. The first kappa shape index (κ1) is 24.8. The zero-order valence-electron chi connectivity index (χ0n) is 19.1. The van der Waals surface area contributed by atoms with E-state index in [4.69, 9.17) is 26.8 Å². The quantitative estimate of drug-likeness (QED) is 0.238. The van der Waals surface area contributed by atoms with Gasteiger partial charge in [0.25, 0.3) is 0 Å². The van der Waals surface area contributed by atoms with Gasteiger partial charge in [-0.15, -0.1) is 10.2 Å². The van der Waals surface area contributed by atoms with Crippen molar-refractivity contribution >= 4 is 29.3 Å². The van der Waals surface area contributed by atoms with Crippen molar-refractivity contribution in [3.63, 3.8) is 0 Å². The first-order chi connectivity index (χ1) is 17.0. The van der Waals surface area contributed by atoms with E-state index in [9.17, 15) is 4.79 Å². The Morgan fingerprint density at radius 1 is 1.00 bits per heavy atom. The van der Waals surface area contributed by atoms with E-state index in [0.29, 0.717) is 29.0 Å². The Morgan fingerprint density at radius 2 is 1.71 bits per heavy atom. The van der Waals surface area contributed by atoms with Crippen molar-refractivity contribution in [2.24, 2.45) is 5.73 Å². The lowest BCUT2D eigenvalue weighted by atomic mass is 10.1. The fourth-order valence-corrected chi connectivity index (χ4v) is 4.36. The van der Waals surface area contributed by atoms with Crippen molar-refractivity contribution in [3.8, 4) is 11.4 Å². The number of methoxy groups -OCH3 is 1. The summed E-state index contributed by atoms with van der Waals surface area (Å²) in [5, 5.41) is 9.89. The van der Waals surface area contributed by atoms with Gasteiger partial charge in [0, 0.05) is 10.7 Å². The van der Waals surface area contributed by atoms with Crippen molar-refractivity contribution in [3.05, 3.63) is 101 Å². The van der Waals surface area contributed by atoms with E-state index >= 15 is 0 Å². The second-order valence-electron chi connectivity index (χ2n) is 7.75. The molecular formula is C26H25ClN4O3S. The average molecular weight is 509 g/mol. The minimum absolute atomic E-state index is 0.110. The van der Waals surface area contributed by atoms with Gasteiger partial charge in [-0.2, -0.15) is 0 Å². The Bertz CT molecular complexity index is 1250. The second-order valence-corrected chi connectivity index (χ2v) is 9.13. The number of halogens is 1. The van der Waals surface area contributed by atoms with Gasteiger partial charge in [0.05, 0.1) is 18.9 Å². The average Bonchev–Trinajstić information content (AvgIpc) is 3.32. The van der Waals surface area contributed by atoms with Crippen LogP contribution in [0.2, 0.25) is 5.02 Å². The Balaban J connectivity index is 1.57. The van der Waals surface area contributed by atoms with Crippen LogP contribution in [0.4, 0.5) is 0 Å². The molecule has 0 radical (unpaired) electrons. The minimum Gasteiger partial charge on any atom is -0.489 e. The van der Waals surface area contributed by atoms with Crippen LogP contribution in [0.15, 0.2) is 84.0 Å². The smallest absolute Gasteiger partial charge is 0.316 e. The van der Waals surface area contributed by atoms with Crippen molar-refractivity contribution in [2.45, 2.75) is 24.2 Å². The van der Waals surface area contributed by atoms with Gasteiger partial charge >= 0.3 is 5.97 Å². The molecule has 4 aromatic rings. The third-order valence-corrected chi connectivity index (χ3v) is 6.40. The van der Waals surface area contributed by atoms with E-state index in [1.807, 2.05) is 83.4 Å². The molecule has 1 atom stereocenters. The van der Waals surface area contributed by atoms with Crippen molar-refractivity contribution < 1.29 is 14.3 Å². The van der Waals surface area contributed by atoms with Crippen molar-refractivity contribution in [1.29, 1.82) is 0 Å². The number of thioether (sulfide) groups is 1. The highest BCUT2D eigenvalue weighted by molar-refractivity contribution is 7.99. The number of carbonyl (C=O) groups excluding carboxylic acids is 1. The Labute approximate surface area is 213 Å². The highest BCUT2D eigenvalue weighted by Gasteiger charge is 2.21. The molecule has 7 nitrogen and oxygen atoms in total. The first-order valence-corrected chi connectivity index (χ1v) is 12.3. The van der Waals surface area contributed by atoms with E-state index in [-0.39, 0.29) is 11.7 Å². The van der Waals surface area contributed by atoms with E-state index in [1.165, 1.54) is 18.9 Å². The Hall–Kier alpha value is -3.33. The van der Waals surface area contributed by atoms with E-state index < -0.39 is 6.04 Å². The van der Waals surface area contributed by atoms with Crippen LogP contribution in [-0.2, 0) is 22.6 Å². The number of carbonyl (C=O) groups is 1. The molecule has 1 heterocycles. The maximum atomic E-state index is 11.7. The molecule has 35 heavy (non-hydrogen) atoms. The third-order valence-electron chi connectivity index (χ3n) is 5.25. The number of hydrogen-bond donors (Lipinski definition) is 1. The molecule has 0 fully saturated rings. The molecule has 0 aliphatic heterocycles. The van der Waals surface area contributed by atoms with Crippen LogP contribution < -0.4 is 10.5 Å². The monoisotopic (exact) mass is 508 g/mol. The molecule has 0 aliphatic carbocycles.